The summed E-state index contributed by atoms with van der Waals surface area (Å²) in [7, 11) is 1.70. The van der Waals surface area contributed by atoms with Gasteiger partial charge in [0, 0.05) is 31.8 Å². The number of aryl methyl sites for hydroxylation is 1. The molecule has 0 fully saturated rings. The number of hydrogen-bond donors (Lipinski definition) is 2. The number of aromatic nitrogens is 5. The number of rotatable bonds is 7. The highest BCUT2D eigenvalue weighted by Crippen LogP contribution is 2.24. The molecule has 4 rings (SSSR count). The highest BCUT2D eigenvalue weighted by atomic mass is 19.1. The van der Waals surface area contributed by atoms with Gasteiger partial charge in [-0.05, 0) is 57.4 Å². The number of halogens is 2. The number of benzene rings is 1. The van der Waals surface area contributed by atoms with E-state index < -0.39 is 17.2 Å². The van der Waals surface area contributed by atoms with E-state index in [0.29, 0.717) is 30.7 Å². The number of nitrogens with zero attached hydrogens (tertiary/aromatic N) is 6. The second-order valence-corrected chi connectivity index (χ2v) is 9.16. The van der Waals surface area contributed by atoms with Gasteiger partial charge in [-0.15, -0.1) is 17.9 Å². The Morgan fingerprint density at radius 3 is 2.62 bits per heavy atom. The first kappa shape index (κ1) is 27.4. The SMILES string of the molecule is C#C.C[C@@H](CCCc1nc2c3cc(F)cc(F)c3nc(N)n2n1)N(C)C(=O)c1cc(C(C)(C)O)ccn1. The molecular formula is C26H29F2N7O2. The fourth-order valence-corrected chi connectivity index (χ4v) is 3.86. The lowest BCUT2D eigenvalue weighted by atomic mass is 9.98. The molecule has 0 radical (unpaired) electrons. The van der Waals surface area contributed by atoms with Gasteiger partial charge in [0.15, 0.2) is 17.3 Å². The van der Waals surface area contributed by atoms with Crippen molar-refractivity contribution in [1.82, 2.24) is 29.5 Å². The Bertz CT molecular complexity index is 1460. The zero-order chi connectivity index (χ0) is 27.5. The second-order valence-electron chi connectivity index (χ2n) is 9.16. The molecule has 9 nitrogen and oxygen atoms in total. The van der Waals surface area contributed by atoms with E-state index in [1.54, 1.807) is 37.9 Å². The monoisotopic (exact) mass is 509 g/mol. The third-order valence-corrected chi connectivity index (χ3v) is 6.05. The van der Waals surface area contributed by atoms with Crippen molar-refractivity contribution in [3.05, 3.63) is 59.2 Å². The summed E-state index contributed by atoms with van der Waals surface area (Å²) in [6.45, 7) is 5.22. The van der Waals surface area contributed by atoms with Gasteiger partial charge in [-0.1, -0.05) is 0 Å². The van der Waals surface area contributed by atoms with Crippen LogP contribution >= 0.6 is 0 Å². The third kappa shape index (κ3) is 5.81. The molecule has 3 aromatic heterocycles. The predicted octanol–water partition coefficient (Wildman–Crippen LogP) is 3.49. The van der Waals surface area contributed by atoms with Gasteiger partial charge in [0.05, 0.1) is 11.0 Å². The number of amides is 1. The van der Waals surface area contributed by atoms with Crippen molar-refractivity contribution in [3.63, 3.8) is 0 Å². The Labute approximate surface area is 213 Å². The van der Waals surface area contributed by atoms with Crippen LogP contribution in [0.5, 0.6) is 0 Å². The molecule has 0 saturated carbocycles. The number of fused-ring (bicyclic) bond motifs is 3. The van der Waals surface area contributed by atoms with Gasteiger partial charge in [0.25, 0.3) is 5.91 Å². The van der Waals surface area contributed by atoms with Crippen LogP contribution in [-0.4, -0.2) is 53.6 Å². The molecule has 11 heteroatoms. The van der Waals surface area contributed by atoms with E-state index in [-0.39, 0.29) is 40.1 Å². The first-order valence-electron chi connectivity index (χ1n) is 11.5. The van der Waals surface area contributed by atoms with E-state index in [1.165, 1.54) is 10.7 Å². The highest BCUT2D eigenvalue weighted by Gasteiger charge is 2.22. The molecule has 0 bridgehead atoms. The van der Waals surface area contributed by atoms with Crippen LogP contribution in [0.15, 0.2) is 30.5 Å². The number of carbonyl (C=O) groups excluding carboxylic acids is 1. The van der Waals surface area contributed by atoms with Gasteiger partial charge in [-0.3, -0.25) is 9.78 Å². The van der Waals surface area contributed by atoms with E-state index in [0.717, 1.165) is 12.1 Å². The van der Waals surface area contributed by atoms with Crippen LogP contribution in [0, 0.1) is 24.5 Å². The summed E-state index contributed by atoms with van der Waals surface area (Å²) < 4.78 is 29.2. The maximum Gasteiger partial charge on any atom is 0.272 e. The Kier molecular flexibility index (Phi) is 8.03. The first-order valence-corrected chi connectivity index (χ1v) is 11.5. The zero-order valence-electron chi connectivity index (χ0n) is 21.1. The number of anilines is 1. The van der Waals surface area contributed by atoms with Crippen molar-refractivity contribution in [2.75, 3.05) is 12.8 Å². The molecule has 1 amide bonds. The van der Waals surface area contributed by atoms with Crippen LogP contribution in [0.25, 0.3) is 16.6 Å². The van der Waals surface area contributed by atoms with Gasteiger partial charge >= 0.3 is 0 Å². The van der Waals surface area contributed by atoms with E-state index >= 15 is 0 Å². The summed E-state index contributed by atoms with van der Waals surface area (Å²) in [5.41, 5.74) is 5.87. The Morgan fingerprint density at radius 1 is 1.24 bits per heavy atom. The normalized spacial score (nSPS) is 12.2. The van der Waals surface area contributed by atoms with Crippen molar-refractivity contribution >= 4 is 28.4 Å². The minimum atomic E-state index is -1.08. The van der Waals surface area contributed by atoms with Crippen molar-refractivity contribution < 1.29 is 18.7 Å². The Morgan fingerprint density at radius 2 is 1.95 bits per heavy atom. The molecule has 0 saturated heterocycles. The lowest BCUT2D eigenvalue weighted by Crippen LogP contribution is -2.35. The number of nitrogen functional groups attached to an aromatic ring is 1. The van der Waals surface area contributed by atoms with Gasteiger partial charge < -0.3 is 15.7 Å². The molecular weight excluding hydrogens is 480 g/mol. The smallest absolute Gasteiger partial charge is 0.272 e. The lowest BCUT2D eigenvalue weighted by Gasteiger charge is -2.25. The topological polar surface area (TPSA) is 123 Å². The van der Waals surface area contributed by atoms with Gasteiger partial charge in [0.1, 0.15) is 17.0 Å². The number of terminal acetylenes is 1. The summed E-state index contributed by atoms with van der Waals surface area (Å²) in [6, 6.07) is 5.07. The molecule has 1 atom stereocenters. The highest BCUT2D eigenvalue weighted by molar-refractivity contribution is 5.93. The minimum absolute atomic E-state index is 0.0451. The maximum atomic E-state index is 14.1. The maximum absolute atomic E-state index is 14.1. The predicted molar refractivity (Wildman–Crippen MR) is 136 cm³/mol. The van der Waals surface area contributed by atoms with Gasteiger partial charge in [-0.2, -0.15) is 4.52 Å². The molecule has 0 spiro atoms. The second kappa shape index (κ2) is 10.8. The molecule has 1 aromatic carbocycles. The molecule has 37 heavy (non-hydrogen) atoms. The van der Waals surface area contributed by atoms with Gasteiger partial charge in [-0.25, -0.2) is 18.7 Å². The van der Waals surface area contributed by atoms with Crippen LogP contribution in [-0.2, 0) is 12.0 Å². The first-order chi connectivity index (χ1) is 17.5. The van der Waals surface area contributed by atoms with Crippen LogP contribution in [0.2, 0.25) is 0 Å². The van der Waals surface area contributed by atoms with E-state index in [9.17, 15) is 18.7 Å². The van der Waals surface area contributed by atoms with E-state index in [2.05, 4.69) is 32.9 Å². The fraction of sp³-hybridized carbons (Fsp3) is 0.346. The number of hydrogen-bond acceptors (Lipinski definition) is 7. The average Bonchev–Trinajstić information content (AvgIpc) is 3.30. The summed E-state index contributed by atoms with van der Waals surface area (Å²) in [4.78, 5) is 27.1. The van der Waals surface area contributed by atoms with Crippen molar-refractivity contribution in [3.8, 4) is 12.8 Å². The molecule has 0 aliphatic heterocycles. The summed E-state index contributed by atoms with van der Waals surface area (Å²) in [5.74, 6) is -1.39. The van der Waals surface area contributed by atoms with Crippen LogP contribution < -0.4 is 5.73 Å². The number of pyridine rings is 1. The minimum Gasteiger partial charge on any atom is -0.386 e. The summed E-state index contributed by atoms with van der Waals surface area (Å²) in [5, 5.41) is 14.7. The lowest BCUT2D eigenvalue weighted by molar-refractivity contribution is 0.0722. The van der Waals surface area contributed by atoms with Crippen LogP contribution in [0.4, 0.5) is 14.7 Å². The standard InChI is InChI=1S/C24H27F2N7O2.C2H2/c1-13(32(4)22(34)18-10-14(8-9-28-18)24(2,3)35)6-5-7-19-29-21-16-11-15(25)12-17(26)20(16)30-23(27)33(21)31-19;1-2/h8-13,35H,5-7H2,1-4H3,(H2,27,30);1-2H/t13-;/m0./s1. The molecule has 3 N–H and O–H groups in total. The average molecular weight is 510 g/mol. The van der Waals surface area contributed by atoms with Crippen molar-refractivity contribution in [2.45, 2.75) is 51.7 Å². The zero-order valence-corrected chi connectivity index (χ0v) is 21.1. The molecule has 0 aliphatic carbocycles. The quantitative estimate of drug-likeness (QED) is 0.366. The number of nitrogens with two attached hydrogens (primary N) is 1. The third-order valence-electron chi connectivity index (χ3n) is 6.05. The van der Waals surface area contributed by atoms with E-state index in [4.69, 9.17) is 5.73 Å². The fourth-order valence-electron chi connectivity index (χ4n) is 3.86. The summed E-state index contributed by atoms with van der Waals surface area (Å²) >= 11 is 0. The largest absolute Gasteiger partial charge is 0.386 e. The number of carbonyl (C=O) groups is 1. The molecule has 194 valence electrons. The summed E-state index contributed by atoms with van der Waals surface area (Å²) in [6.07, 6.45) is 11.3. The van der Waals surface area contributed by atoms with Crippen molar-refractivity contribution in [1.29, 1.82) is 0 Å². The number of aliphatic hydroxyl groups is 1. The molecule has 3 heterocycles. The van der Waals surface area contributed by atoms with Crippen molar-refractivity contribution in [2.24, 2.45) is 0 Å². The molecule has 0 aliphatic rings. The molecule has 4 aromatic rings. The Hall–Kier alpha value is -4.17. The molecule has 0 unspecified atom stereocenters. The van der Waals surface area contributed by atoms with Gasteiger partial charge in [0.2, 0.25) is 5.95 Å². The van der Waals surface area contributed by atoms with E-state index in [1.807, 2.05) is 6.92 Å². The van der Waals surface area contributed by atoms with Crippen LogP contribution in [0.1, 0.15) is 55.5 Å². The Balaban J connectivity index is 0.00000186. The van der Waals surface area contributed by atoms with Crippen LogP contribution in [0.3, 0.4) is 0 Å².